The molecule has 0 atom stereocenters. The van der Waals surface area contributed by atoms with Crippen molar-refractivity contribution in [3.8, 4) is 11.5 Å². The van der Waals surface area contributed by atoms with Gasteiger partial charge >= 0.3 is 5.97 Å². The molecule has 0 unspecified atom stereocenters. The molecule has 0 spiro atoms. The number of methoxy groups -OCH3 is 2. The highest BCUT2D eigenvalue weighted by Crippen LogP contribution is 2.37. The number of carbonyl (C=O) groups is 1. The Bertz CT molecular complexity index is 1110. The first-order valence-electron chi connectivity index (χ1n) is 10.9. The third-order valence-electron chi connectivity index (χ3n) is 5.61. The third-order valence-corrected chi connectivity index (χ3v) is 6.69. The molecular weight excluding hydrogens is 442 g/mol. The number of nitrogens with zero attached hydrogens (tertiary/aromatic N) is 2. The van der Waals surface area contributed by atoms with E-state index in [0.29, 0.717) is 23.0 Å². The zero-order valence-corrected chi connectivity index (χ0v) is 20.0. The lowest BCUT2D eigenvalue weighted by molar-refractivity contribution is 0.0357. The predicted molar refractivity (Wildman–Crippen MR) is 129 cm³/mol. The summed E-state index contributed by atoms with van der Waals surface area (Å²) in [6.07, 6.45) is 2.66. The van der Waals surface area contributed by atoms with Gasteiger partial charge in [-0.3, -0.25) is 9.88 Å². The molecular formula is C24H29N3O5S. The minimum atomic E-state index is -0.362. The van der Waals surface area contributed by atoms with Gasteiger partial charge in [-0.1, -0.05) is 0 Å². The molecule has 1 aromatic carbocycles. The Balaban J connectivity index is 1.52. The van der Waals surface area contributed by atoms with Gasteiger partial charge in [-0.05, 0) is 36.4 Å². The Morgan fingerprint density at radius 1 is 1.24 bits per heavy atom. The number of carbonyl (C=O) groups excluding carboxylic acids is 1. The average molecular weight is 472 g/mol. The van der Waals surface area contributed by atoms with E-state index in [1.165, 1.54) is 18.4 Å². The monoisotopic (exact) mass is 471 g/mol. The van der Waals surface area contributed by atoms with Gasteiger partial charge in [-0.2, -0.15) is 0 Å². The van der Waals surface area contributed by atoms with Crippen LogP contribution < -0.4 is 14.8 Å². The van der Waals surface area contributed by atoms with Crippen molar-refractivity contribution in [2.45, 2.75) is 13.3 Å². The Kier molecular flexibility index (Phi) is 7.64. The van der Waals surface area contributed by atoms with E-state index >= 15 is 0 Å². The van der Waals surface area contributed by atoms with Crippen LogP contribution in [0.3, 0.4) is 0 Å². The Hall–Kier alpha value is -2.88. The molecule has 3 aromatic rings. The molecule has 0 bridgehead atoms. The molecule has 4 rings (SSSR count). The highest BCUT2D eigenvalue weighted by atomic mass is 32.1. The van der Waals surface area contributed by atoms with Crippen LogP contribution in [0.25, 0.3) is 10.9 Å². The number of anilines is 2. The maximum absolute atomic E-state index is 12.2. The number of benzene rings is 1. The van der Waals surface area contributed by atoms with E-state index in [0.717, 1.165) is 67.1 Å². The summed E-state index contributed by atoms with van der Waals surface area (Å²) in [5.74, 6) is 0.943. The van der Waals surface area contributed by atoms with Gasteiger partial charge in [0.25, 0.3) is 0 Å². The second-order valence-corrected chi connectivity index (χ2v) is 8.65. The second-order valence-electron chi connectivity index (χ2n) is 7.77. The second kappa shape index (κ2) is 10.8. The molecule has 1 aliphatic rings. The molecule has 176 valence electrons. The van der Waals surface area contributed by atoms with Crippen LogP contribution in [0.4, 0.5) is 11.4 Å². The number of thiophene rings is 1. The lowest BCUT2D eigenvalue weighted by Crippen LogP contribution is -2.37. The van der Waals surface area contributed by atoms with Gasteiger partial charge in [0.2, 0.25) is 0 Å². The van der Waals surface area contributed by atoms with Crippen molar-refractivity contribution in [2.75, 3.05) is 59.0 Å². The first-order valence-corrected chi connectivity index (χ1v) is 11.8. The number of esters is 1. The largest absolute Gasteiger partial charge is 0.493 e. The van der Waals surface area contributed by atoms with Gasteiger partial charge in [0, 0.05) is 43.0 Å². The first-order chi connectivity index (χ1) is 16.1. The zero-order valence-electron chi connectivity index (χ0n) is 19.2. The van der Waals surface area contributed by atoms with Crippen LogP contribution in [0, 0.1) is 6.92 Å². The van der Waals surface area contributed by atoms with Crippen molar-refractivity contribution in [2.24, 2.45) is 0 Å². The topological polar surface area (TPSA) is 82.2 Å². The molecule has 2 aromatic heterocycles. The summed E-state index contributed by atoms with van der Waals surface area (Å²) in [7, 11) is 3.01. The fourth-order valence-corrected chi connectivity index (χ4v) is 4.73. The highest BCUT2D eigenvalue weighted by molar-refractivity contribution is 7.12. The number of hydrogen-bond acceptors (Lipinski definition) is 9. The smallest absolute Gasteiger partial charge is 0.350 e. The summed E-state index contributed by atoms with van der Waals surface area (Å²) in [5, 5.41) is 6.20. The van der Waals surface area contributed by atoms with Crippen LogP contribution in [0.1, 0.15) is 21.7 Å². The van der Waals surface area contributed by atoms with Crippen LogP contribution in [-0.4, -0.2) is 69.5 Å². The number of aryl methyl sites for hydroxylation is 1. The minimum absolute atomic E-state index is 0.362. The van der Waals surface area contributed by atoms with Gasteiger partial charge in [-0.15, -0.1) is 11.3 Å². The fraction of sp³-hybridized carbons (Fsp3) is 0.417. The molecule has 0 radical (unpaired) electrons. The Morgan fingerprint density at radius 2 is 2.06 bits per heavy atom. The molecule has 1 aliphatic heterocycles. The number of nitrogens with one attached hydrogen (secondary N) is 1. The van der Waals surface area contributed by atoms with Crippen molar-refractivity contribution in [3.63, 3.8) is 0 Å². The molecule has 1 N–H and O–H groups in total. The van der Waals surface area contributed by atoms with E-state index < -0.39 is 0 Å². The van der Waals surface area contributed by atoms with E-state index in [1.807, 2.05) is 30.5 Å². The number of aromatic nitrogens is 1. The maximum Gasteiger partial charge on any atom is 0.350 e. The van der Waals surface area contributed by atoms with Crippen molar-refractivity contribution in [1.82, 2.24) is 9.88 Å². The standard InChI is InChI=1S/C24H29N3O5S/c1-16-15-33-23(24(28)30-3)22(16)26-18-5-6-25-19-14-21(20(29-2)13-17(18)19)32-10-4-7-27-8-11-31-12-9-27/h5-6,13-15H,4,7-12H2,1-3H3,(H,25,26). The van der Waals surface area contributed by atoms with Crippen LogP contribution >= 0.6 is 11.3 Å². The van der Waals surface area contributed by atoms with Gasteiger partial charge in [0.05, 0.1) is 45.2 Å². The van der Waals surface area contributed by atoms with Crippen molar-refractivity contribution in [1.29, 1.82) is 0 Å². The summed E-state index contributed by atoms with van der Waals surface area (Å²) in [4.78, 5) is 19.6. The number of pyridine rings is 1. The van der Waals surface area contributed by atoms with E-state index in [9.17, 15) is 4.79 Å². The van der Waals surface area contributed by atoms with Crippen molar-refractivity contribution < 1.29 is 23.7 Å². The molecule has 0 aliphatic carbocycles. The van der Waals surface area contributed by atoms with Gasteiger partial charge in [0.15, 0.2) is 11.5 Å². The van der Waals surface area contributed by atoms with Gasteiger partial charge in [0.1, 0.15) is 4.88 Å². The highest BCUT2D eigenvalue weighted by Gasteiger charge is 2.18. The molecule has 1 saturated heterocycles. The average Bonchev–Trinajstić information content (AvgIpc) is 3.21. The molecule has 9 heteroatoms. The molecule has 1 fully saturated rings. The van der Waals surface area contributed by atoms with E-state index in [4.69, 9.17) is 18.9 Å². The van der Waals surface area contributed by atoms with Crippen LogP contribution in [0.15, 0.2) is 29.8 Å². The maximum atomic E-state index is 12.2. The minimum Gasteiger partial charge on any atom is -0.493 e. The molecule has 0 amide bonds. The lowest BCUT2D eigenvalue weighted by Gasteiger charge is -2.26. The summed E-state index contributed by atoms with van der Waals surface area (Å²) < 4.78 is 22.0. The normalized spacial score (nSPS) is 14.3. The molecule has 0 saturated carbocycles. The Morgan fingerprint density at radius 3 is 2.82 bits per heavy atom. The SMILES string of the molecule is COC(=O)c1scc(C)c1Nc1ccnc2cc(OCCCN3CCOCC3)c(OC)cc12. The first kappa shape index (κ1) is 23.3. The quantitative estimate of drug-likeness (QED) is 0.367. The summed E-state index contributed by atoms with van der Waals surface area (Å²) in [6, 6.07) is 5.69. The molecule has 33 heavy (non-hydrogen) atoms. The molecule has 8 nitrogen and oxygen atoms in total. The summed E-state index contributed by atoms with van der Waals surface area (Å²) in [5.41, 5.74) is 3.31. The number of hydrogen-bond donors (Lipinski definition) is 1. The number of morpholine rings is 1. The molecule has 3 heterocycles. The lowest BCUT2D eigenvalue weighted by atomic mass is 10.1. The number of fused-ring (bicyclic) bond motifs is 1. The summed E-state index contributed by atoms with van der Waals surface area (Å²) >= 11 is 1.36. The number of rotatable bonds is 9. The summed E-state index contributed by atoms with van der Waals surface area (Å²) in [6.45, 7) is 7.07. The zero-order chi connectivity index (χ0) is 23.2. The van der Waals surface area contributed by atoms with E-state index in [1.54, 1.807) is 13.3 Å². The van der Waals surface area contributed by atoms with Crippen molar-refractivity contribution in [3.05, 3.63) is 40.2 Å². The van der Waals surface area contributed by atoms with E-state index in [2.05, 4.69) is 15.2 Å². The van der Waals surface area contributed by atoms with E-state index in [-0.39, 0.29) is 5.97 Å². The fourth-order valence-electron chi connectivity index (χ4n) is 3.81. The van der Waals surface area contributed by atoms with Gasteiger partial charge < -0.3 is 24.3 Å². The third kappa shape index (κ3) is 5.38. The van der Waals surface area contributed by atoms with Crippen LogP contribution in [0.2, 0.25) is 0 Å². The van der Waals surface area contributed by atoms with Crippen LogP contribution in [-0.2, 0) is 9.47 Å². The number of ether oxygens (including phenoxy) is 4. The van der Waals surface area contributed by atoms with Gasteiger partial charge in [-0.25, -0.2) is 4.79 Å². The van der Waals surface area contributed by atoms with Crippen molar-refractivity contribution >= 4 is 39.6 Å². The Labute approximate surface area is 197 Å². The predicted octanol–water partition coefficient (Wildman–Crippen LogP) is 4.24. The van der Waals surface area contributed by atoms with Crippen LogP contribution in [0.5, 0.6) is 11.5 Å².